The van der Waals surface area contributed by atoms with Gasteiger partial charge in [0.25, 0.3) is 0 Å². The fourth-order valence-corrected chi connectivity index (χ4v) is 2.25. The molecule has 0 aliphatic rings. The minimum Gasteiger partial charge on any atom is -0.503 e. The van der Waals surface area contributed by atoms with Crippen molar-refractivity contribution < 1.29 is 14.6 Å². The molecule has 1 atom stereocenters. The molecule has 1 aromatic heterocycles. The van der Waals surface area contributed by atoms with Crippen LogP contribution in [0.3, 0.4) is 0 Å². The van der Waals surface area contributed by atoms with Gasteiger partial charge in [-0.25, -0.2) is 0 Å². The molecule has 6 heteroatoms. The molecule has 0 radical (unpaired) electrons. The summed E-state index contributed by atoms with van der Waals surface area (Å²) < 4.78 is 12.3. The molecule has 1 unspecified atom stereocenters. The standard InChI is InChI=1S/C16H28N2O4/c1-5-13(2)18-12-16(20)15(19)10-14(18)11-17(6-8-21-3)7-9-22-4/h10,12-13,20H,5-9,11H2,1-4H3. The molecule has 0 fully saturated rings. The molecule has 0 amide bonds. The van der Waals surface area contributed by atoms with E-state index in [0.717, 1.165) is 25.2 Å². The highest BCUT2D eigenvalue weighted by molar-refractivity contribution is 5.21. The van der Waals surface area contributed by atoms with Crippen LogP contribution in [0.5, 0.6) is 5.75 Å². The van der Waals surface area contributed by atoms with Gasteiger partial charge in [0.1, 0.15) is 0 Å². The van der Waals surface area contributed by atoms with Crippen LogP contribution in [-0.4, -0.2) is 55.1 Å². The molecule has 1 rings (SSSR count). The first-order valence-electron chi connectivity index (χ1n) is 7.67. The van der Waals surface area contributed by atoms with Gasteiger partial charge < -0.3 is 19.1 Å². The minimum atomic E-state index is -0.340. The van der Waals surface area contributed by atoms with Crippen LogP contribution in [0, 0.1) is 0 Å². The second-order valence-electron chi connectivity index (χ2n) is 5.44. The van der Waals surface area contributed by atoms with Gasteiger partial charge in [-0.05, 0) is 13.3 Å². The quantitative estimate of drug-likeness (QED) is 0.711. The van der Waals surface area contributed by atoms with E-state index in [9.17, 15) is 9.90 Å². The highest BCUT2D eigenvalue weighted by Gasteiger charge is 2.14. The molecule has 6 nitrogen and oxygen atoms in total. The van der Waals surface area contributed by atoms with Crippen molar-refractivity contribution in [1.29, 1.82) is 0 Å². The fraction of sp³-hybridized carbons (Fsp3) is 0.688. The third-order valence-corrected chi connectivity index (χ3v) is 3.82. The Hall–Kier alpha value is -1.37. The predicted molar refractivity (Wildman–Crippen MR) is 86.4 cm³/mol. The monoisotopic (exact) mass is 312 g/mol. The number of hydrogen-bond donors (Lipinski definition) is 1. The van der Waals surface area contributed by atoms with Gasteiger partial charge in [-0.3, -0.25) is 9.69 Å². The lowest BCUT2D eigenvalue weighted by Crippen LogP contribution is -2.32. The van der Waals surface area contributed by atoms with E-state index in [1.165, 1.54) is 12.3 Å². The molecule has 1 heterocycles. The first-order chi connectivity index (χ1) is 10.5. The summed E-state index contributed by atoms with van der Waals surface area (Å²) >= 11 is 0. The van der Waals surface area contributed by atoms with Crippen LogP contribution in [0.2, 0.25) is 0 Å². The zero-order chi connectivity index (χ0) is 16.5. The number of rotatable bonds is 10. The maximum absolute atomic E-state index is 11.8. The number of nitrogens with zero attached hydrogens (tertiary/aromatic N) is 2. The van der Waals surface area contributed by atoms with Crippen molar-refractivity contribution in [1.82, 2.24) is 9.47 Å². The zero-order valence-corrected chi connectivity index (χ0v) is 14.0. The summed E-state index contributed by atoms with van der Waals surface area (Å²) in [6.45, 7) is 7.53. The van der Waals surface area contributed by atoms with Crippen molar-refractivity contribution >= 4 is 0 Å². The number of ether oxygens (including phenoxy) is 2. The van der Waals surface area contributed by atoms with Gasteiger partial charge in [0.15, 0.2) is 5.75 Å². The smallest absolute Gasteiger partial charge is 0.223 e. The largest absolute Gasteiger partial charge is 0.503 e. The normalized spacial score (nSPS) is 12.8. The Morgan fingerprint density at radius 2 is 1.86 bits per heavy atom. The number of aromatic hydroxyl groups is 1. The molecule has 0 aliphatic carbocycles. The van der Waals surface area contributed by atoms with E-state index >= 15 is 0 Å². The maximum atomic E-state index is 11.8. The fourth-order valence-electron chi connectivity index (χ4n) is 2.25. The number of hydrogen-bond acceptors (Lipinski definition) is 5. The van der Waals surface area contributed by atoms with Crippen molar-refractivity contribution in [3.8, 4) is 5.75 Å². The summed E-state index contributed by atoms with van der Waals surface area (Å²) in [6.07, 6.45) is 2.46. The highest BCUT2D eigenvalue weighted by atomic mass is 16.5. The molecule has 0 bridgehead atoms. The van der Waals surface area contributed by atoms with E-state index in [0.29, 0.717) is 19.8 Å². The van der Waals surface area contributed by atoms with Crippen molar-refractivity contribution in [3.05, 3.63) is 28.2 Å². The molecular formula is C16H28N2O4. The molecule has 0 saturated carbocycles. The van der Waals surface area contributed by atoms with Crippen molar-refractivity contribution in [2.45, 2.75) is 32.9 Å². The van der Waals surface area contributed by atoms with Crippen LogP contribution in [-0.2, 0) is 16.0 Å². The Bertz CT molecular complexity index is 493. The second kappa shape index (κ2) is 9.61. The predicted octanol–water partition coefficient (Wildman–Crippen LogP) is 1.62. The van der Waals surface area contributed by atoms with Crippen LogP contribution in [0.25, 0.3) is 0 Å². The van der Waals surface area contributed by atoms with Gasteiger partial charge >= 0.3 is 0 Å². The second-order valence-corrected chi connectivity index (χ2v) is 5.44. The lowest BCUT2D eigenvalue weighted by molar-refractivity contribution is 0.108. The SMILES string of the molecule is CCC(C)n1cc(O)c(=O)cc1CN(CCOC)CCOC. The third-order valence-electron chi connectivity index (χ3n) is 3.82. The molecule has 0 saturated heterocycles. The summed E-state index contributed by atoms with van der Waals surface area (Å²) in [5.41, 5.74) is 0.553. The Morgan fingerprint density at radius 3 is 2.36 bits per heavy atom. The minimum absolute atomic E-state index is 0.204. The topological polar surface area (TPSA) is 63.9 Å². The summed E-state index contributed by atoms with van der Waals surface area (Å²) in [5.74, 6) is -0.204. The molecule has 22 heavy (non-hydrogen) atoms. The van der Waals surface area contributed by atoms with Gasteiger partial charge in [0.2, 0.25) is 5.43 Å². The van der Waals surface area contributed by atoms with E-state index in [1.807, 2.05) is 4.57 Å². The average molecular weight is 312 g/mol. The Balaban J connectivity index is 3.00. The summed E-state index contributed by atoms with van der Waals surface area (Å²) in [7, 11) is 3.34. The molecule has 0 aliphatic heterocycles. The lowest BCUT2D eigenvalue weighted by Gasteiger charge is -2.26. The van der Waals surface area contributed by atoms with Crippen LogP contribution >= 0.6 is 0 Å². The highest BCUT2D eigenvalue weighted by Crippen LogP contribution is 2.17. The zero-order valence-electron chi connectivity index (χ0n) is 14.0. The molecule has 1 N–H and O–H groups in total. The van der Waals surface area contributed by atoms with E-state index in [-0.39, 0.29) is 17.2 Å². The van der Waals surface area contributed by atoms with Crippen LogP contribution in [0.1, 0.15) is 32.0 Å². The van der Waals surface area contributed by atoms with Crippen LogP contribution in [0.4, 0.5) is 0 Å². The Kier molecular flexibility index (Phi) is 8.16. The van der Waals surface area contributed by atoms with Gasteiger partial charge in [0, 0.05) is 51.7 Å². The van der Waals surface area contributed by atoms with E-state index in [1.54, 1.807) is 14.2 Å². The van der Waals surface area contributed by atoms with Crippen LogP contribution < -0.4 is 5.43 Å². The summed E-state index contributed by atoms with van der Waals surface area (Å²) in [6, 6.07) is 1.74. The molecular weight excluding hydrogens is 284 g/mol. The third kappa shape index (κ3) is 5.44. The van der Waals surface area contributed by atoms with E-state index < -0.39 is 0 Å². The maximum Gasteiger partial charge on any atom is 0.223 e. The Morgan fingerprint density at radius 1 is 1.27 bits per heavy atom. The molecule has 1 aromatic rings. The Labute approximate surface area is 132 Å². The molecule has 0 spiro atoms. The van der Waals surface area contributed by atoms with Gasteiger partial charge in [-0.1, -0.05) is 6.92 Å². The van der Waals surface area contributed by atoms with Gasteiger partial charge in [-0.2, -0.15) is 0 Å². The van der Waals surface area contributed by atoms with Gasteiger partial charge in [0.05, 0.1) is 19.4 Å². The average Bonchev–Trinajstić information content (AvgIpc) is 2.52. The lowest BCUT2D eigenvalue weighted by atomic mass is 10.2. The number of methoxy groups -OCH3 is 2. The first-order valence-corrected chi connectivity index (χ1v) is 7.67. The van der Waals surface area contributed by atoms with Crippen molar-refractivity contribution in [3.63, 3.8) is 0 Å². The van der Waals surface area contributed by atoms with Gasteiger partial charge in [-0.15, -0.1) is 0 Å². The molecule has 126 valence electrons. The van der Waals surface area contributed by atoms with Crippen molar-refractivity contribution in [2.24, 2.45) is 0 Å². The number of aromatic nitrogens is 1. The first kappa shape index (κ1) is 18.7. The van der Waals surface area contributed by atoms with Crippen LogP contribution in [0.15, 0.2) is 17.1 Å². The number of pyridine rings is 1. The van der Waals surface area contributed by atoms with Crippen molar-refractivity contribution in [2.75, 3.05) is 40.5 Å². The molecule has 0 aromatic carbocycles. The summed E-state index contributed by atoms with van der Waals surface area (Å²) in [4.78, 5) is 14.0. The summed E-state index contributed by atoms with van der Waals surface area (Å²) in [5, 5.41) is 9.70. The van der Waals surface area contributed by atoms with E-state index in [4.69, 9.17) is 9.47 Å². The van der Waals surface area contributed by atoms with E-state index in [2.05, 4.69) is 18.7 Å².